The van der Waals surface area contributed by atoms with E-state index in [-0.39, 0.29) is 23.6 Å². The van der Waals surface area contributed by atoms with E-state index in [4.69, 9.17) is 10.5 Å². The number of nitrogens with two attached hydrogens (primary N) is 1. The lowest BCUT2D eigenvalue weighted by Gasteiger charge is -2.07. The third-order valence-electron chi connectivity index (χ3n) is 4.18. The van der Waals surface area contributed by atoms with Crippen LogP contribution in [-0.2, 0) is 11.2 Å². The van der Waals surface area contributed by atoms with Crippen molar-refractivity contribution >= 4 is 11.9 Å². The zero-order chi connectivity index (χ0) is 19.6. The Morgan fingerprint density at radius 1 is 1.15 bits per heavy atom. The number of hydrogen-bond acceptors (Lipinski definition) is 4. The molecular weight excluding hydrogens is 349 g/mol. The number of rotatable bonds is 5. The molecule has 2 N–H and O–H groups in total. The van der Waals surface area contributed by atoms with Gasteiger partial charge in [-0.15, -0.1) is 0 Å². The molecule has 3 rings (SSSR count). The van der Waals surface area contributed by atoms with Crippen LogP contribution in [0.2, 0.25) is 0 Å². The Hall–Kier alpha value is -3.48. The highest BCUT2D eigenvalue weighted by atomic mass is 19.1. The van der Waals surface area contributed by atoms with Crippen LogP contribution < -0.4 is 10.5 Å². The average Bonchev–Trinajstić information content (AvgIpc) is 2.91. The second kappa shape index (κ2) is 7.41. The van der Waals surface area contributed by atoms with Gasteiger partial charge in [-0.25, -0.2) is 9.07 Å². The van der Waals surface area contributed by atoms with Crippen molar-refractivity contribution in [3.8, 4) is 11.4 Å². The number of halogens is 1. The molecule has 1 aromatic heterocycles. The number of nitrogens with zero attached hydrogens (tertiary/aromatic N) is 2. The Morgan fingerprint density at radius 3 is 2.52 bits per heavy atom. The molecule has 1 heterocycles. The summed E-state index contributed by atoms with van der Waals surface area (Å²) in [4.78, 5) is 23.6. The summed E-state index contributed by atoms with van der Waals surface area (Å²) >= 11 is 0. The summed E-state index contributed by atoms with van der Waals surface area (Å²) in [6.07, 6.45) is 0.0136. The van der Waals surface area contributed by atoms with Crippen LogP contribution in [0.1, 0.15) is 27.3 Å². The van der Waals surface area contributed by atoms with E-state index in [9.17, 15) is 14.0 Å². The number of ether oxygens (including phenoxy) is 1. The van der Waals surface area contributed by atoms with Crippen LogP contribution in [0, 0.1) is 19.7 Å². The number of aromatic nitrogens is 2. The first-order valence-corrected chi connectivity index (χ1v) is 8.26. The van der Waals surface area contributed by atoms with Crippen molar-refractivity contribution < 1.29 is 18.7 Å². The van der Waals surface area contributed by atoms with Crippen molar-refractivity contribution in [1.82, 2.24) is 9.78 Å². The molecule has 0 unspecified atom stereocenters. The smallest absolute Gasteiger partial charge is 0.315 e. The molecular formula is C20H18FN3O3. The standard InChI is InChI=1S/C20H18FN3O3/c1-12-18(13(2)24(23-12)16-8-6-15(21)7-9-16)11-19(25)27-17-5-3-4-14(10-17)20(22)26/h3-10H,11H2,1-2H3,(H2,22,26). The predicted octanol–water partition coefficient (Wildman–Crippen LogP) is 2.88. The minimum absolute atomic E-state index is 0.0136. The number of aryl methyl sites for hydroxylation is 1. The van der Waals surface area contributed by atoms with Gasteiger partial charge in [0.05, 0.1) is 17.8 Å². The molecule has 7 heteroatoms. The van der Waals surface area contributed by atoms with Crippen LogP contribution in [-0.4, -0.2) is 21.7 Å². The van der Waals surface area contributed by atoms with Crippen LogP contribution in [0.25, 0.3) is 5.69 Å². The van der Waals surface area contributed by atoms with Crippen molar-refractivity contribution in [3.63, 3.8) is 0 Å². The molecule has 3 aromatic rings. The van der Waals surface area contributed by atoms with Gasteiger partial charge in [0.25, 0.3) is 0 Å². The van der Waals surface area contributed by atoms with Crippen molar-refractivity contribution in [2.24, 2.45) is 5.73 Å². The maximum absolute atomic E-state index is 13.1. The van der Waals surface area contributed by atoms with E-state index in [1.165, 1.54) is 18.2 Å². The van der Waals surface area contributed by atoms with Gasteiger partial charge in [-0.05, 0) is 56.3 Å². The molecule has 0 saturated carbocycles. The molecule has 0 radical (unpaired) electrons. The van der Waals surface area contributed by atoms with Crippen molar-refractivity contribution in [2.45, 2.75) is 20.3 Å². The topological polar surface area (TPSA) is 87.2 Å². The van der Waals surface area contributed by atoms with Crippen LogP contribution >= 0.6 is 0 Å². The minimum atomic E-state index is -0.597. The molecule has 0 saturated heterocycles. The largest absolute Gasteiger partial charge is 0.426 e. The number of esters is 1. The van der Waals surface area contributed by atoms with Crippen molar-refractivity contribution in [1.29, 1.82) is 0 Å². The van der Waals surface area contributed by atoms with Gasteiger partial charge in [0.15, 0.2) is 0 Å². The van der Waals surface area contributed by atoms with E-state index >= 15 is 0 Å². The summed E-state index contributed by atoms with van der Waals surface area (Å²) in [6.45, 7) is 3.63. The van der Waals surface area contributed by atoms with Gasteiger partial charge in [0, 0.05) is 16.8 Å². The molecule has 1 amide bonds. The quantitative estimate of drug-likeness (QED) is 0.555. The number of carbonyl (C=O) groups excluding carboxylic acids is 2. The van der Waals surface area contributed by atoms with E-state index in [1.54, 1.807) is 41.9 Å². The first-order chi connectivity index (χ1) is 12.8. The fourth-order valence-corrected chi connectivity index (χ4v) is 2.79. The predicted molar refractivity (Wildman–Crippen MR) is 97.3 cm³/mol. The van der Waals surface area contributed by atoms with Crippen molar-refractivity contribution in [2.75, 3.05) is 0 Å². The van der Waals surface area contributed by atoms with E-state index in [0.717, 1.165) is 11.3 Å². The third kappa shape index (κ3) is 4.03. The van der Waals surface area contributed by atoms with E-state index in [1.807, 2.05) is 6.92 Å². The maximum atomic E-state index is 13.1. The van der Waals surface area contributed by atoms with Gasteiger partial charge in [-0.3, -0.25) is 9.59 Å². The zero-order valence-electron chi connectivity index (χ0n) is 14.9. The van der Waals surface area contributed by atoms with E-state index in [2.05, 4.69) is 5.10 Å². The molecule has 0 bridgehead atoms. The fraction of sp³-hybridized carbons (Fsp3) is 0.150. The molecule has 138 valence electrons. The average molecular weight is 367 g/mol. The van der Waals surface area contributed by atoms with E-state index in [0.29, 0.717) is 11.4 Å². The monoisotopic (exact) mass is 367 g/mol. The zero-order valence-corrected chi connectivity index (χ0v) is 14.9. The fourth-order valence-electron chi connectivity index (χ4n) is 2.79. The van der Waals surface area contributed by atoms with Gasteiger partial charge in [-0.2, -0.15) is 5.10 Å². The SMILES string of the molecule is Cc1nn(-c2ccc(F)cc2)c(C)c1CC(=O)Oc1cccc(C(N)=O)c1. The second-order valence-corrected chi connectivity index (χ2v) is 6.08. The molecule has 27 heavy (non-hydrogen) atoms. The Bertz CT molecular complexity index is 1010. The number of benzene rings is 2. The Kier molecular flexibility index (Phi) is 5.03. The normalized spacial score (nSPS) is 10.6. The highest BCUT2D eigenvalue weighted by Gasteiger charge is 2.17. The van der Waals surface area contributed by atoms with Gasteiger partial charge in [0.2, 0.25) is 5.91 Å². The number of hydrogen-bond donors (Lipinski definition) is 1. The van der Waals surface area contributed by atoms with Gasteiger partial charge in [-0.1, -0.05) is 6.07 Å². The minimum Gasteiger partial charge on any atom is -0.426 e. The van der Waals surface area contributed by atoms with Gasteiger partial charge in [0.1, 0.15) is 11.6 Å². The van der Waals surface area contributed by atoms with E-state index < -0.39 is 11.9 Å². The Labute approximate surface area is 155 Å². The molecule has 0 spiro atoms. The van der Waals surface area contributed by atoms with Crippen molar-refractivity contribution in [3.05, 3.63) is 76.9 Å². The maximum Gasteiger partial charge on any atom is 0.315 e. The summed E-state index contributed by atoms with van der Waals surface area (Å²) < 4.78 is 20.1. The molecule has 6 nitrogen and oxygen atoms in total. The van der Waals surface area contributed by atoms with Crippen LogP contribution in [0.4, 0.5) is 4.39 Å². The Balaban J connectivity index is 1.79. The molecule has 0 aliphatic rings. The lowest BCUT2D eigenvalue weighted by atomic mass is 10.1. The number of amides is 1. The third-order valence-corrected chi connectivity index (χ3v) is 4.18. The lowest BCUT2D eigenvalue weighted by molar-refractivity contribution is -0.133. The summed E-state index contributed by atoms with van der Waals surface area (Å²) in [5, 5.41) is 4.43. The molecule has 0 aliphatic heterocycles. The highest BCUT2D eigenvalue weighted by Crippen LogP contribution is 2.20. The second-order valence-electron chi connectivity index (χ2n) is 6.08. The first-order valence-electron chi connectivity index (χ1n) is 8.26. The van der Waals surface area contributed by atoms with Crippen LogP contribution in [0.5, 0.6) is 5.75 Å². The summed E-state index contributed by atoms with van der Waals surface area (Å²) in [5.41, 5.74) is 8.37. The van der Waals surface area contributed by atoms with Gasteiger partial charge >= 0.3 is 5.97 Å². The van der Waals surface area contributed by atoms with Gasteiger partial charge < -0.3 is 10.5 Å². The van der Waals surface area contributed by atoms with Crippen LogP contribution in [0.3, 0.4) is 0 Å². The molecule has 0 atom stereocenters. The highest BCUT2D eigenvalue weighted by molar-refractivity contribution is 5.93. The lowest BCUT2D eigenvalue weighted by Crippen LogP contribution is -2.14. The first kappa shape index (κ1) is 18.3. The Morgan fingerprint density at radius 2 is 1.85 bits per heavy atom. The molecule has 0 fully saturated rings. The molecule has 0 aliphatic carbocycles. The summed E-state index contributed by atoms with van der Waals surface area (Å²) in [7, 11) is 0. The summed E-state index contributed by atoms with van der Waals surface area (Å²) in [6, 6.07) is 12.1. The molecule has 2 aromatic carbocycles. The summed E-state index contributed by atoms with van der Waals surface area (Å²) in [5.74, 6) is -1.17. The number of carbonyl (C=O) groups is 2. The number of primary amides is 1. The van der Waals surface area contributed by atoms with Crippen LogP contribution in [0.15, 0.2) is 48.5 Å².